The Morgan fingerprint density at radius 2 is 1.82 bits per heavy atom. The summed E-state index contributed by atoms with van der Waals surface area (Å²) in [7, 11) is 1.88. The van der Waals surface area contributed by atoms with Crippen LogP contribution in [0.15, 0.2) is 36.4 Å². The SMILES string of the molecule is Cc1c(-c2ccccc2)sc(NC(=O)c2cc3c(C)nn(C)c3s2)c1C(=O)N1CCOCC1. The summed E-state index contributed by atoms with van der Waals surface area (Å²) < 4.78 is 7.21. The monoisotopic (exact) mass is 480 g/mol. The Kier molecular flexibility index (Phi) is 5.77. The fraction of sp³-hybridized carbons (Fsp3) is 0.292. The molecule has 0 bridgehead atoms. The van der Waals surface area contributed by atoms with Crippen molar-refractivity contribution in [3.8, 4) is 10.4 Å². The van der Waals surface area contributed by atoms with Gasteiger partial charge in [0.25, 0.3) is 11.8 Å². The molecule has 4 aromatic rings. The van der Waals surface area contributed by atoms with E-state index in [9.17, 15) is 9.59 Å². The zero-order valence-electron chi connectivity index (χ0n) is 18.7. The molecule has 1 aliphatic rings. The van der Waals surface area contributed by atoms with E-state index in [1.807, 2.05) is 57.3 Å². The molecular formula is C24H24N4O3S2. The molecule has 0 aliphatic carbocycles. The number of hydrogen-bond acceptors (Lipinski definition) is 6. The molecule has 0 atom stereocenters. The molecule has 170 valence electrons. The third-order valence-electron chi connectivity index (χ3n) is 5.84. The van der Waals surface area contributed by atoms with E-state index in [-0.39, 0.29) is 11.8 Å². The number of benzene rings is 1. The average molecular weight is 481 g/mol. The third kappa shape index (κ3) is 3.96. The number of aromatic nitrogens is 2. The second-order valence-corrected chi connectivity index (χ2v) is 10.1. The predicted octanol–water partition coefficient (Wildman–Crippen LogP) is 4.70. The van der Waals surface area contributed by atoms with Crippen LogP contribution in [0.5, 0.6) is 0 Å². The highest BCUT2D eigenvalue weighted by Gasteiger charge is 2.28. The topological polar surface area (TPSA) is 76.5 Å². The minimum absolute atomic E-state index is 0.0686. The number of carbonyl (C=O) groups excluding carboxylic acids is 2. The van der Waals surface area contributed by atoms with Crippen molar-refractivity contribution >= 4 is 49.7 Å². The van der Waals surface area contributed by atoms with Crippen molar-refractivity contribution in [2.24, 2.45) is 7.05 Å². The Hall–Kier alpha value is -3.01. The van der Waals surface area contributed by atoms with Crippen molar-refractivity contribution in [1.82, 2.24) is 14.7 Å². The van der Waals surface area contributed by atoms with Crippen LogP contribution >= 0.6 is 22.7 Å². The van der Waals surface area contributed by atoms with Crippen molar-refractivity contribution < 1.29 is 14.3 Å². The van der Waals surface area contributed by atoms with Crippen LogP contribution in [0.2, 0.25) is 0 Å². The van der Waals surface area contributed by atoms with Crippen LogP contribution in [0.3, 0.4) is 0 Å². The lowest BCUT2D eigenvalue weighted by Gasteiger charge is -2.27. The van der Waals surface area contributed by atoms with Crippen LogP contribution in [0, 0.1) is 13.8 Å². The van der Waals surface area contributed by atoms with Gasteiger partial charge in [-0.3, -0.25) is 14.3 Å². The Balaban J connectivity index is 1.53. The van der Waals surface area contributed by atoms with Gasteiger partial charge in [0, 0.05) is 30.4 Å². The summed E-state index contributed by atoms with van der Waals surface area (Å²) in [5.74, 6) is -0.284. The minimum Gasteiger partial charge on any atom is -0.378 e. The van der Waals surface area contributed by atoms with E-state index in [1.165, 1.54) is 22.7 Å². The molecule has 4 heterocycles. The molecule has 1 aliphatic heterocycles. The maximum atomic E-state index is 13.5. The van der Waals surface area contributed by atoms with Gasteiger partial charge in [-0.1, -0.05) is 30.3 Å². The van der Waals surface area contributed by atoms with Gasteiger partial charge in [-0.15, -0.1) is 22.7 Å². The van der Waals surface area contributed by atoms with Crippen LogP contribution in [0.1, 0.15) is 31.3 Å². The van der Waals surface area contributed by atoms with Gasteiger partial charge in [0.05, 0.1) is 29.3 Å². The lowest BCUT2D eigenvalue weighted by Crippen LogP contribution is -2.41. The van der Waals surface area contributed by atoms with Crippen LogP contribution in [-0.4, -0.2) is 52.8 Å². The highest BCUT2D eigenvalue weighted by atomic mass is 32.1. The van der Waals surface area contributed by atoms with E-state index in [0.29, 0.717) is 41.7 Å². The first-order chi connectivity index (χ1) is 15.9. The fourth-order valence-corrected chi connectivity index (χ4v) is 6.35. The van der Waals surface area contributed by atoms with Crippen LogP contribution in [0.25, 0.3) is 20.7 Å². The molecule has 2 amide bonds. The Morgan fingerprint density at radius 3 is 2.52 bits per heavy atom. The molecule has 0 radical (unpaired) electrons. The molecule has 1 saturated heterocycles. The van der Waals surface area contributed by atoms with Crippen molar-refractivity contribution in [1.29, 1.82) is 0 Å². The standard InChI is InChI=1S/C24H24N4O3S2/c1-14-19(23(30)28-9-11-31-12-10-28)22(33-20(14)16-7-5-4-6-8-16)25-21(29)18-13-17-15(2)26-27(3)24(17)32-18/h4-8,13H,9-12H2,1-3H3,(H,25,29). The summed E-state index contributed by atoms with van der Waals surface area (Å²) in [6, 6.07) is 11.8. The number of rotatable bonds is 4. The number of anilines is 1. The lowest BCUT2D eigenvalue weighted by molar-refractivity contribution is 0.0303. The molecule has 1 N–H and O–H groups in total. The van der Waals surface area contributed by atoms with E-state index in [2.05, 4.69) is 10.4 Å². The van der Waals surface area contributed by atoms with Crippen LogP contribution in [-0.2, 0) is 11.8 Å². The lowest BCUT2D eigenvalue weighted by atomic mass is 10.1. The van der Waals surface area contributed by atoms with Gasteiger partial charge in [0.15, 0.2) is 0 Å². The number of aryl methyl sites for hydroxylation is 2. The quantitative estimate of drug-likeness (QED) is 0.459. The highest BCUT2D eigenvalue weighted by molar-refractivity contribution is 7.21. The molecule has 5 rings (SSSR count). The van der Waals surface area contributed by atoms with Gasteiger partial charge in [-0.05, 0) is 31.0 Å². The smallest absolute Gasteiger partial charge is 0.266 e. The number of nitrogens with one attached hydrogen (secondary N) is 1. The molecule has 33 heavy (non-hydrogen) atoms. The first-order valence-electron chi connectivity index (χ1n) is 10.7. The first kappa shape index (κ1) is 21.8. The number of amides is 2. The summed E-state index contributed by atoms with van der Waals surface area (Å²) in [6.45, 7) is 6.03. The fourth-order valence-electron chi connectivity index (χ4n) is 4.13. The molecule has 1 fully saturated rings. The first-order valence-corrected chi connectivity index (χ1v) is 12.4. The average Bonchev–Trinajstić information content (AvgIpc) is 3.49. The summed E-state index contributed by atoms with van der Waals surface area (Å²) in [5, 5.41) is 9.02. The second kappa shape index (κ2) is 8.74. The number of hydrogen-bond donors (Lipinski definition) is 1. The molecule has 0 unspecified atom stereocenters. The number of fused-ring (bicyclic) bond motifs is 1. The molecule has 1 aromatic carbocycles. The number of nitrogens with zero attached hydrogens (tertiary/aromatic N) is 3. The Bertz CT molecular complexity index is 1310. The second-order valence-electron chi connectivity index (χ2n) is 8.02. The van der Waals surface area contributed by atoms with Crippen molar-refractivity contribution in [2.75, 3.05) is 31.6 Å². The maximum absolute atomic E-state index is 13.5. The normalized spacial score (nSPS) is 14.1. The summed E-state index contributed by atoms with van der Waals surface area (Å²) in [4.78, 5) is 31.1. The molecule has 7 nitrogen and oxygen atoms in total. The van der Waals surface area contributed by atoms with Crippen LogP contribution < -0.4 is 5.32 Å². The Morgan fingerprint density at radius 1 is 1.09 bits per heavy atom. The van der Waals surface area contributed by atoms with Gasteiger partial charge in [0.2, 0.25) is 0 Å². The zero-order chi connectivity index (χ0) is 23.1. The highest BCUT2D eigenvalue weighted by Crippen LogP contribution is 2.41. The molecule has 0 spiro atoms. The predicted molar refractivity (Wildman–Crippen MR) is 132 cm³/mol. The number of ether oxygens (including phenoxy) is 1. The van der Waals surface area contributed by atoms with E-state index < -0.39 is 0 Å². The largest absolute Gasteiger partial charge is 0.378 e. The van der Waals surface area contributed by atoms with E-state index in [4.69, 9.17) is 4.74 Å². The zero-order valence-corrected chi connectivity index (χ0v) is 20.3. The van der Waals surface area contributed by atoms with E-state index >= 15 is 0 Å². The molecule has 9 heteroatoms. The summed E-state index contributed by atoms with van der Waals surface area (Å²) >= 11 is 2.85. The van der Waals surface area contributed by atoms with E-state index in [1.54, 1.807) is 9.58 Å². The van der Waals surface area contributed by atoms with Gasteiger partial charge in [-0.25, -0.2) is 0 Å². The number of carbonyl (C=O) groups is 2. The summed E-state index contributed by atoms with van der Waals surface area (Å²) in [5.41, 5.74) is 3.37. The van der Waals surface area contributed by atoms with Gasteiger partial charge < -0.3 is 15.0 Å². The van der Waals surface area contributed by atoms with Crippen molar-refractivity contribution in [3.05, 3.63) is 58.1 Å². The minimum atomic E-state index is -0.215. The third-order valence-corrected chi connectivity index (χ3v) is 8.30. The van der Waals surface area contributed by atoms with Crippen molar-refractivity contribution in [2.45, 2.75) is 13.8 Å². The number of thiophene rings is 2. The van der Waals surface area contributed by atoms with Gasteiger partial charge in [0.1, 0.15) is 9.83 Å². The van der Waals surface area contributed by atoms with Crippen molar-refractivity contribution in [3.63, 3.8) is 0 Å². The van der Waals surface area contributed by atoms with E-state index in [0.717, 1.165) is 31.9 Å². The Labute approximate surface area is 199 Å². The van der Waals surface area contributed by atoms with Crippen LogP contribution in [0.4, 0.5) is 5.00 Å². The molecule has 0 saturated carbocycles. The van der Waals surface area contributed by atoms with Gasteiger partial charge >= 0.3 is 0 Å². The number of morpholine rings is 1. The molecular weight excluding hydrogens is 456 g/mol. The van der Waals surface area contributed by atoms with Gasteiger partial charge in [-0.2, -0.15) is 5.10 Å². The summed E-state index contributed by atoms with van der Waals surface area (Å²) in [6.07, 6.45) is 0. The molecule has 3 aromatic heterocycles. The maximum Gasteiger partial charge on any atom is 0.266 e.